The third kappa shape index (κ3) is 5.34. The highest BCUT2D eigenvalue weighted by Gasteiger charge is 2.18. The van der Waals surface area contributed by atoms with Gasteiger partial charge in [-0.2, -0.15) is 0 Å². The summed E-state index contributed by atoms with van der Waals surface area (Å²) in [6, 6.07) is -0.569. The Balaban J connectivity index is 3.99. The van der Waals surface area contributed by atoms with Crippen molar-refractivity contribution in [1.29, 1.82) is 0 Å². The molecule has 0 fully saturated rings. The van der Waals surface area contributed by atoms with Gasteiger partial charge in [0.15, 0.2) is 0 Å². The van der Waals surface area contributed by atoms with Crippen LogP contribution in [0.3, 0.4) is 0 Å². The standard InChI is InChI=1S/C9H20N2O2S/c1-6(2)8(10)9(12)11-7(3)5-14(4)13/h6-8H,5,10H2,1-4H3,(H,11,12)/t7?,8-,14?/m0/s1. The number of nitrogens with two attached hydrogens (primary N) is 1. The van der Waals surface area contributed by atoms with Crippen molar-refractivity contribution < 1.29 is 9.00 Å². The fourth-order valence-electron chi connectivity index (χ4n) is 1.04. The molecule has 14 heavy (non-hydrogen) atoms. The van der Waals surface area contributed by atoms with Crippen LogP contribution in [0, 0.1) is 5.92 Å². The Bertz CT molecular complexity index is 219. The van der Waals surface area contributed by atoms with E-state index in [9.17, 15) is 9.00 Å². The second-order valence-corrected chi connectivity index (χ2v) is 5.40. The van der Waals surface area contributed by atoms with Gasteiger partial charge in [0.25, 0.3) is 0 Å². The SMILES string of the molecule is CC(CS(C)=O)NC(=O)[C@@H](N)C(C)C. The molecule has 3 N–H and O–H groups in total. The summed E-state index contributed by atoms with van der Waals surface area (Å²) < 4.78 is 10.9. The van der Waals surface area contributed by atoms with E-state index in [1.165, 1.54) is 0 Å². The van der Waals surface area contributed by atoms with Crippen molar-refractivity contribution >= 4 is 16.7 Å². The van der Waals surface area contributed by atoms with Gasteiger partial charge in [-0.15, -0.1) is 0 Å². The molecule has 4 nitrogen and oxygen atoms in total. The number of rotatable bonds is 5. The van der Waals surface area contributed by atoms with Gasteiger partial charge in [-0.25, -0.2) is 0 Å². The highest BCUT2D eigenvalue weighted by Crippen LogP contribution is 1.98. The molecule has 5 heteroatoms. The molecule has 1 amide bonds. The molecule has 3 atom stereocenters. The molecule has 0 bridgehead atoms. The minimum absolute atomic E-state index is 0.0851. The molecular weight excluding hydrogens is 200 g/mol. The van der Waals surface area contributed by atoms with Crippen LogP contribution in [-0.2, 0) is 15.6 Å². The minimum atomic E-state index is -0.892. The van der Waals surface area contributed by atoms with Crippen molar-refractivity contribution in [2.75, 3.05) is 12.0 Å². The van der Waals surface area contributed by atoms with E-state index in [0.29, 0.717) is 5.75 Å². The molecule has 0 heterocycles. The summed E-state index contributed by atoms with van der Waals surface area (Å²) in [7, 11) is -0.892. The van der Waals surface area contributed by atoms with Crippen LogP contribution in [0.5, 0.6) is 0 Å². The first-order valence-electron chi connectivity index (χ1n) is 4.70. The molecule has 2 unspecified atom stereocenters. The third-order valence-electron chi connectivity index (χ3n) is 1.89. The number of hydrogen-bond acceptors (Lipinski definition) is 3. The van der Waals surface area contributed by atoms with E-state index in [1.54, 1.807) is 6.26 Å². The lowest BCUT2D eigenvalue weighted by atomic mass is 10.0. The lowest BCUT2D eigenvalue weighted by Crippen LogP contribution is -2.48. The summed E-state index contributed by atoms with van der Waals surface area (Å²) in [5, 5.41) is 2.74. The molecule has 0 saturated heterocycles. The molecular formula is C9H20N2O2S. The van der Waals surface area contributed by atoms with E-state index in [0.717, 1.165) is 0 Å². The minimum Gasteiger partial charge on any atom is -0.351 e. The molecule has 84 valence electrons. The van der Waals surface area contributed by atoms with Crippen LogP contribution in [0.1, 0.15) is 20.8 Å². The first-order chi connectivity index (χ1) is 6.34. The van der Waals surface area contributed by atoms with Crippen molar-refractivity contribution in [2.45, 2.75) is 32.9 Å². The molecule has 0 spiro atoms. The maximum atomic E-state index is 11.4. The summed E-state index contributed by atoms with van der Waals surface area (Å²) in [6.07, 6.45) is 1.62. The van der Waals surface area contributed by atoms with Gasteiger partial charge in [-0.1, -0.05) is 13.8 Å². The molecule has 0 aromatic rings. The molecule has 0 rings (SSSR count). The van der Waals surface area contributed by atoms with Gasteiger partial charge in [0.05, 0.1) is 6.04 Å². The van der Waals surface area contributed by atoms with E-state index in [4.69, 9.17) is 5.73 Å². The Morgan fingerprint density at radius 2 is 1.93 bits per heavy atom. The Morgan fingerprint density at radius 1 is 1.43 bits per heavy atom. The first-order valence-corrected chi connectivity index (χ1v) is 6.43. The number of nitrogens with one attached hydrogen (secondary N) is 1. The second kappa shape index (κ2) is 6.14. The Labute approximate surface area is 88.1 Å². The van der Waals surface area contributed by atoms with Gasteiger partial charge < -0.3 is 11.1 Å². The van der Waals surface area contributed by atoms with E-state index >= 15 is 0 Å². The van der Waals surface area contributed by atoms with Gasteiger partial charge >= 0.3 is 0 Å². The molecule has 0 aromatic carbocycles. The van der Waals surface area contributed by atoms with E-state index in [-0.39, 0.29) is 17.9 Å². The quantitative estimate of drug-likeness (QED) is 0.677. The van der Waals surface area contributed by atoms with Crippen LogP contribution in [0.2, 0.25) is 0 Å². The van der Waals surface area contributed by atoms with Crippen LogP contribution in [0.4, 0.5) is 0 Å². The van der Waals surface area contributed by atoms with Gasteiger partial charge in [-0.05, 0) is 12.8 Å². The van der Waals surface area contributed by atoms with Gasteiger partial charge in [-0.3, -0.25) is 9.00 Å². The summed E-state index contributed by atoms with van der Waals surface area (Å²) in [5.74, 6) is 0.420. The second-order valence-electron chi connectivity index (χ2n) is 3.92. The highest BCUT2D eigenvalue weighted by molar-refractivity contribution is 7.84. The molecule has 0 aliphatic carbocycles. The maximum absolute atomic E-state index is 11.4. The monoisotopic (exact) mass is 220 g/mol. The smallest absolute Gasteiger partial charge is 0.237 e. The number of carbonyl (C=O) groups is 1. The molecule has 0 saturated carbocycles. The van der Waals surface area contributed by atoms with Gasteiger partial charge in [0, 0.05) is 28.9 Å². The Hall–Kier alpha value is -0.420. The molecule has 0 radical (unpaired) electrons. The summed E-state index contributed by atoms with van der Waals surface area (Å²) >= 11 is 0. The lowest BCUT2D eigenvalue weighted by Gasteiger charge is -2.18. The maximum Gasteiger partial charge on any atom is 0.237 e. The Morgan fingerprint density at radius 3 is 2.29 bits per heavy atom. The van der Waals surface area contributed by atoms with Crippen molar-refractivity contribution in [3.8, 4) is 0 Å². The summed E-state index contributed by atoms with van der Waals surface area (Å²) in [6.45, 7) is 5.62. The van der Waals surface area contributed by atoms with Crippen molar-refractivity contribution in [3.63, 3.8) is 0 Å². The molecule has 0 aliphatic rings. The summed E-state index contributed by atoms with van der Waals surface area (Å²) in [4.78, 5) is 11.4. The van der Waals surface area contributed by atoms with Gasteiger partial charge in [0.2, 0.25) is 5.91 Å². The number of hydrogen-bond donors (Lipinski definition) is 2. The van der Waals surface area contributed by atoms with Gasteiger partial charge in [0.1, 0.15) is 0 Å². The zero-order valence-corrected chi connectivity index (χ0v) is 10.1. The van der Waals surface area contributed by atoms with Crippen LogP contribution in [0.25, 0.3) is 0 Å². The average Bonchev–Trinajstić information content (AvgIpc) is 2.00. The third-order valence-corrected chi connectivity index (χ3v) is 2.86. The normalized spacial score (nSPS) is 17.6. The van der Waals surface area contributed by atoms with E-state index in [2.05, 4.69) is 5.32 Å². The predicted octanol–water partition coefficient (Wildman–Crippen LogP) is -0.147. The number of amides is 1. The highest BCUT2D eigenvalue weighted by atomic mass is 32.2. The lowest BCUT2D eigenvalue weighted by molar-refractivity contribution is -0.123. The summed E-state index contributed by atoms with van der Waals surface area (Å²) in [5.41, 5.74) is 5.65. The Kier molecular flexibility index (Phi) is 5.95. The predicted molar refractivity (Wildman–Crippen MR) is 59.4 cm³/mol. The van der Waals surface area contributed by atoms with E-state index in [1.807, 2.05) is 20.8 Å². The van der Waals surface area contributed by atoms with Crippen molar-refractivity contribution in [3.05, 3.63) is 0 Å². The zero-order chi connectivity index (χ0) is 11.3. The number of carbonyl (C=O) groups excluding carboxylic acids is 1. The fraction of sp³-hybridized carbons (Fsp3) is 0.889. The molecule has 0 aromatic heterocycles. The molecule has 0 aliphatic heterocycles. The average molecular weight is 220 g/mol. The topological polar surface area (TPSA) is 72.2 Å². The fourth-order valence-corrected chi connectivity index (χ4v) is 1.82. The zero-order valence-electron chi connectivity index (χ0n) is 9.24. The van der Waals surface area contributed by atoms with E-state index < -0.39 is 16.8 Å². The van der Waals surface area contributed by atoms with Crippen LogP contribution in [0.15, 0.2) is 0 Å². The van der Waals surface area contributed by atoms with Crippen LogP contribution >= 0.6 is 0 Å². The van der Waals surface area contributed by atoms with Crippen molar-refractivity contribution in [1.82, 2.24) is 5.32 Å². The first kappa shape index (κ1) is 13.6. The largest absolute Gasteiger partial charge is 0.351 e. The van der Waals surface area contributed by atoms with Crippen LogP contribution in [-0.4, -0.2) is 34.2 Å². The van der Waals surface area contributed by atoms with Crippen molar-refractivity contribution in [2.24, 2.45) is 11.7 Å². The van der Waals surface area contributed by atoms with Crippen LogP contribution < -0.4 is 11.1 Å².